The molecule has 1 N–H and O–H groups in total. The number of carbonyl (C=O) groups excluding carboxylic acids is 2. The molecule has 0 aliphatic rings. The van der Waals surface area contributed by atoms with Gasteiger partial charge in [0.15, 0.2) is 0 Å². The van der Waals surface area contributed by atoms with Gasteiger partial charge in [-0.25, -0.2) is 8.42 Å². The van der Waals surface area contributed by atoms with E-state index < -0.39 is 56.9 Å². The molecule has 14 heteroatoms. The van der Waals surface area contributed by atoms with Gasteiger partial charge in [-0.3, -0.25) is 13.9 Å². The summed E-state index contributed by atoms with van der Waals surface area (Å²) in [6, 6.07) is 12.9. The fourth-order valence-corrected chi connectivity index (χ4v) is 5.73. The molecule has 1 atom stereocenters. The molecule has 0 bridgehead atoms. The normalized spacial score (nSPS) is 12.5. The van der Waals surface area contributed by atoms with E-state index in [9.17, 15) is 31.2 Å². The van der Waals surface area contributed by atoms with Crippen LogP contribution < -0.4 is 9.62 Å². The van der Waals surface area contributed by atoms with Crippen molar-refractivity contribution in [3.05, 3.63) is 92.9 Å². The van der Waals surface area contributed by atoms with Gasteiger partial charge in [-0.1, -0.05) is 59.1 Å². The Morgan fingerprint density at radius 1 is 0.925 bits per heavy atom. The molecule has 0 radical (unpaired) electrons. The molecule has 0 unspecified atom stereocenters. The summed E-state index contributed by atoms with van der Waals surface area (Å²) in [6.07, 6.45) is -4.90. The minimum atomic E-state index is -4.90. The first-order valence-electron chi connectivity index (χ1n) is 11.6. The number of benzene rings is 3. The third-order valence-corrected chi connectivity index (χ3v) is 8.76. The quantitative estimate of drug-likeness (QED) is 0.311. The van der Waals surface area contributed by atoms with E-state index >= 15 is 0 Å². The number of hydrogen-bond donors (Lipinski definition) is 1. The Morgan fingerprint density at radius 3 is 2.12 bits per heavy atom. The van der Waals surface area contributed by atoms with Crippen LogP contribution in [0.1, 0.15) is 18.1 Å². The van der Waals surface area contributed by atoms with Crippen LogP contribution in [0, 0.1) is 0 Å². The van der Waals surface area contributed by atoms with Gasteiger partial charge in [-0.05, 0) is 55.0 Å². The molecule has 0 aromatic heterocycles. The van der Waals surface area contributed by atoms with Crippen LogP contribution in [0.25, 0.3) is 0 Å². The van der Waals surface area contributed by atoms with E-state index in [0.29, 0.717) is 15.9 Å². The highest BCUT2D eigenvalue weighted by molar-refractivity contribution is 7.92. The summed E-state index contributed by atoms with van der Waals surface area (Å²) in [5.41, 5.74) is -1.25. The molecule has 3 rings (SSSR count). The smallest absolute Gasteiger partial charge is 0.357 e. The van der Waals surface area contributed by atoms with Crippen LogP contribution in [0.5, 0.6) is 0 Å². The van der Waals surface area contributed by atoms with Crippen molar-refractivity contribution in [1.29, 1.82) is 0 Å². The topological polar surface area (TPSA) is 86.8 Å². The zero-order valence-corrected chi connectivity index (χ0v) is 24.1. The molecule has 0 saturated heterocycles. The maximum atomic E-state index is 13.7. The molecule has 3 aromatic carbocycles. The Balaban J connectivity index is 2.12. The largest absolute Gasteiger partial charge is 0.417 e. The highest BCUT2D eigenvalue weighted by Gasteiger charge is 2.36. The van der Waals surface area contributed by atoms with Gasteiger partial charge < -0.3 is 10.2 Å². The number of halogens is 6. The zero-order valence-electron chi connectivity index (χ0n) is 21.0. The molecule has 2 amide bonds. The van der Waals surface area contributed by atoms with Crippen molar-refractivity contribution in [2.75, 3.05) is 17.9 Å². The molecule has 0 fully saturated rings. The second-order valence-corrected chi connectivity index (χ2v) is 11.6. The summed E-state index contributed by atoms with van der Waals surface area (Å²) in [5.74, 6) is -1.43. The van der Waals surface area contributed by atoms with Gasteiger partial charge in [-0.2, -0.15) is 13.2 Å². The summed E-state index contributed by atoms with van der Waals surface area (Å²) in [7, 11) is -3.20. The number of amides is 2. The second kappa shape index (κ2) is 12.7. The highest BCUT2D eigenvalue weighted by Crippen LogP contribution is 2.38. The van der Waals surface area contributed by atoms with E-state index in [-0.39, 0.29) is 21.5 Å². The van der Waals surface area contributed by atoms with Crippen molar-refractivity contribution >= 4 is 62.3 Å². The third kappa shape index (κ3) is 7.20. The predicted molar refractivity (Wildman–Crippen MR) is 148 cm³/mol. The van der Waals surface area contributed by atoms with E-state index in [4.69, 9.17) is 34.8 Å². The van der Waals surface area contributed by atoms with Crippen LogP contribution in [0.4, 0.5) is 18.9 Å². The summed E-state index contributed by atoms with van der Waals surface area (Å²) >= 11 is 17.8. The van der Waals surface area contributed by atoms with Crippen LogP contribution in [0.2, 0.25) is 15.1 Å². The van der Waals surface area contributed by atoms with Gasteiger partial charge in [0.25, 0.3) is 10.0 Å². The van der Waals surface area contributed by atoms with Crippen LogP contribution in [0.3, 0.4) is 0 Å². The molecule has 0 saturated carbocycles. The van der Waals surface area contributed by atoms with Gasteiger partial charge in [-0.15, -0.1) is 0 Å². The SMILES string of the molecule is CNC(=O)[C@H](C)N(Cc1ccc(Cl)c(Cl)c1)C(=O)CN(c1ccc(Cl)c(C(F)(F)F)c1)S(=O)(=O)c1ccccc1. The second-order valence-electron chi connectivity index (χ2n) is 8.55. The first kappa shape index (κ1) is 31.5. The average Bonchev–Trinajstić information content (AvgIpc) is 2.91. The number of anilines is 1. The Bertz CT molecular complexity index is 1510. The first-order chi connectivity index (χ1) is 18.7. The van der Waals surface area contributed by atoms with Gasteiger partial charge in [0.1, 0.15) is 12.6 Å². The Labute approximate surface area is 244 Å². The minimum absolute atomic E-state index is 0.183. The number of sulfonamides is 1. The summed E-state index contributed by atoms with van der Waals surface area (Å²) in [4.78, 5) is 27.0. The number of nitrogens with one attached hydrogen (secondary N) is 1. The Hall–Kier alpha value is -2.99. The molecular weight excluding hydrogens is 614 g/mol. The third-order valence-electron chi connectivity index (χ3n) is 5.90. The maximum absolute atomic E-state index is 13.7. The highest BCUT2D eigenvalue weighted by atomic mass is 35.5. The standard InChI is InChI=1S/C26H23Cl3F3N3O4S/c1-16(25(37)33-2)34(14-17-8-10-22(28)23(29)12-17)24(36)15-35(40(38,39)19-6-4-3-5-7-19)18-9-11-21(27)20(13-18)26(30,31)32/h3-13,16H,14-15H2,1-2H3,(H,33,37)/t16-/m0/s1. The molecule has 0 spiro atoms. The fraction of sp³-hybridized carbons (Fsp3) is 0.231. The van der Waals surface area contributed by atoms with Crippen LogP contribution in [-0.4, -0.2) is 44.8 Å². The van der Waals surface area contributed by atoms with Gasteiger partial charge in [0.05, 0.1) is 31.2 Å². The van der Waals surface area contributed by atoms with Crippen molar-refractivity contribution in [3.63, 3.8) is 0 Å². The lowest BCUT2D eigenvalue weighted by Crippen LogP contribution is -2.50. The molecule has 7 nitrogen and oxygen atoms in total. The molecule has 0 aliphatic carbocycles. The Morgan fingerprint density at radius 2 is 1.55 bits per heavy atom. The molecular formula is C26H23Cl3F3N3O4S. The first-order valence-corrected chi connectivity index (χ1v) is 14.1. The van der Waals surface area contributed by atoms with E-state index in [1.54, 1.807) is 12.1 Å². The number of nitrogens with zero attached hydrogens (tertiary/aromatic N) is 2. The van der Waals surface area contributed by atoms with Crippen LogP contribution >= 0.6 is 34.8 Å². The number of hydrogen-bond acceptors (Lipinski definition) is 4. The van der Waals surface area contributed by atoms with E-state index in [1.165, 1.54) is 50.4 Å². The van der Waals surface area contributed by atoms with Gasteiger partial charge >= 0.3 is 6.18 Å². The summed E-state index contributed by atoms with van der Waals surface area (Å²) in [6.45, 7) is 0.311. The van der Waals surface area contributed by atoms with Crippen molar-refractivity contribution in [3.8, 4) is 0 Å². The van der Waals surface area contributed by atoms with E-state index in [1.807, 2.05) is 0 Å². The zero-order chi connectivity index (χ0) is 29.8. The van der Waals surface area contributed by atoms with Crippen molar-refractivity contribution in [2.45, 2.75) is 30.6 Å². The monoisotopic (exact) mass is 635 g/mol. The average molecular weight is 637 g/mol. The molecule has 40 heavy (non-hydrogen) atoms. The van der Waals surface area contributed by atoms with Crippen molar-refractivity contribution in [2.24, 2.45) is 0 Å². The fourth-order valence-electron chi connectivity index (χ4n) is 3.76. The molecule has 0 aliphatic heterocycles. The van der Waals surface area contributed by atoms with Crippen LogP contribution in [-0.2, 0) is 32.3 Å². The lowest BCUT2D eigenvalue weighted by molar-refractivity contribution is -0.139. The predicted octanol–water partition coefficient (Wildman–Crippen LogP) is 6.02. The number of rotatable bonds is 9. The van der Waals surface area contributed by atoms with Crippen molar-refractivity contribution < 1.29 is 31.2 Å². The lowest BCUT2D eigenvalue weighted by atomic mass is 10.1. The van der Waals surface area contributed by atoms with E-state index in [2.05, 4.69) is 5.32 Å². The van der Waals surface area contributed by atoms with E-state index in [0.717, 1.165) is 17.0 Å². The number of alkyl halides is 3. The Kier molecular flexibility index (Phi) is 9.99. The molecule has 3 aromatic rings. The van der Waals surface area contributed by atoms with Gasteiger partial charge in [0.2, 0.25) is 11.8 Å². The maximum Gasteiger partial charge on any atom is 0.417 e. The van der Waals surface area contributed by atoms with Crippen LogP contribution in [0.15, 0.2) is 71.6 Å². The van der Waals surface area contributed by atoms with Gasteiger partial charge in [0, 0.05) is 13.6 Å². The molecule has 214 valence electrons. The summed E-state index contributed by atoms with van der Waals surface area (Å²) in [5, 5.41) is 2.23. The molecule has 0 heterocycles. The van der Waals surface area contributed by atoms with Crippen molar-refractivity contribution in [1.82, 2.24) is 10.2 Å². The lowest BCUT2D eigenvalue weighted by Gasteiger charge is -2.32. The number of carbonyl (C=O) groups is 2. The minimum Gasteiger partial charge on any atom is -0.357 e. The summed E-state index contributed by atoms with van der Waals surface area (Å²) < 4.78 is 68.8. The number of likely N-dealkylation sites (N-methyl/N-ethyl adjacent to an activating group) is 1.